The Morgan fingerprint density at radius 1 is 1.19 bits per heavy atom. The van der Waals surface area contributed by atoms with Crippen LogP contribution in [0, 0.1) is 19.8 Å². The first-order valence-corrected chi connectivity index (χ1v) is 12.9. The zero-order chi connectivity index (χ0) is 25.8. The van der Waals surface area contributed by atoms with Crippen LogP contribution in [-0.4, -0.2) is 29.7 Å². The summed E-state index contributed by atoms with van der Waals surface area (Å²) in [6, 6.07) is 10.1. The van der Waals surface area contributed by atoms with E-state index in [9.17, 15) is 9.90 Å². The van der Waals surface area contributed by atoms with E-state index in [1.807, 2.05) is 31.3 Å². The van der Waals surface area contributed by atoms with E-state index in [4.69, 9.17) is 11.6 Å². The third-order valence-corrected chi connectivity index (χ3v) is 7.77. The lowest BCUT2D eigenvalue weighted by Gasteiger charge is -2.29. The van der Waals surface area contributed by atoms with Gasteiger partial charge in [-0.1, -0.05) is 43.5 Å². The Kier molecular flexibility index (Phi) is 8.06. The SMILES string of the molecule is Cc1ccc(C(CC(=O)O)c2ccc(N(C)N)c(N)c2C)cc1CC1=CNNN1CC1CCCCC1. The van der Waals surface area contributed by atoms with Gasteiger partial charge in [0, 0.05) is 32.1 Å². The van der Waals surface area contributed by atoms with Crippen LogP contribution in [-0.2, 0) is 11.2 Å². The summed E-state index contributed by atoms with van der Waals surface area (Å²) >= 11 is 0. The summed E-state index contributed by atoms with van der Waals surface area (Å²) in [6.45, 7) is 5.05. The topological polar surface area (TPSA) is 120 Å². The zero-order valence-electron chi connectivity index (χ0n) is 21.7. The van der Waals surface area contributed by atoms with Gasteiger partial charge in [-0.2, -0.15) is 0 Å². The van der Waals surface area contributed by atoms with Gasteiger partial charge in [-0.3, -0.25) is 9.80 Å². The van der Waals surface area contributed by atoms with Gasteiger partial charge in [0.15, 0.2) is 0 Å². The van der Waals surface area contributed by atoms with Gasteiger partial charge in [0.2, 0.25) is 0 Å². The standard InChI is InChI=1S/C28H40N6O2/c1-18-9-10-21(25(15-27(35)36)24-11-12-26(33(3)30)28(29)19(24)2)13-22(18)14-23-16-31-32-34(23)17-20-7-5-4-6-8-20/h9-13,16,20,25,31-32H,4-8,14-15,17,29-30H2,1-3H3,(H,35,36). The molecule has 2 aromatic carbocycles. The second kappa shape index (κ2) is 11.2. The summed E-state index contributed by atoms with van der Waals surface area (Å²) in [5.74, 6) is 5.49. The van der Waals surface area contributed by atoms with E-state index in [-0.39, 0.29) is 12.3 Å². The van der Waals surface area contributed by atoms with Crippen molar-refractivity contribution in [3.05, 3.63) is 70.0 Å². The number of hydrogen-bond acceptors (Lipinski definition) is 7. The molecule has 1 saturated carbocycles. The number of hydrazine groups is 3. The summed E-state index contributed by atoms with van der Waals surface area (Å²) in [7, 11) is 1.74. The summed E-state index contributed by atoms with van der Waals surface area (Å²) < 4.78 is 0. The van der Waals surface area contributed by atoms with E-state index >= 15 is 0 Å². The molecule has 2 aliphatic rings. The molecule has 8 nitrogen and oxygen atoms in total. The van der Waals surface area contributed by atoms with Crippen molar-refractivity contribution >= 4 is 17.3 Å². The van der Waals surface area contributed by atoms with Gasteiger partial charge in [0.1, 0.15) is 0 Å². The molecule has 8 heteroatoms. The van der Waals surface area contributed by atoms with Crippen molar-refractivity contribution in [1.82, 2.24) is 16.0 Å². The molecular weight excluding hydrogens is 452 g/mol. The van der Waals surface area contributed by atoms with Gasteiger partial charge in [-0.15, -0.1) is 5.53 Å². The second-order valence-corrected chi connectivity index (χ2v) is 10.3. The molecule has 0 spiro atoms. The fraction of sp³-hybridized carbons (Fsp3) is 0.464. The van der Waals surface area contributed by atoms with Crippen LogP contribution in [0.3, 0.4) is 0 Å². The molecule has 1 unspecified atom stereocenters. The average molecular weight is 493 g/mol. The Morgan fingerprint density at radius 2 is 1.94 bits per heavy atom. The Morgan fingerprint density at radius 3 is 2.64 bits per heavy atom. The highest BCUT2D eigenvalue weighted by molar-refractivity contribution is 5.74. The molecule has 36 heavy (non-hydrogen) atoms. The van der Waals surface area contributed by atoms with Crippen molar-refractivity contribution in [3.63, 3.8) is 0 Å². The van der Waals surface area contributed by atoms with Gasteiger partial charge in [-0.25, -0.2) is 5.84 Å². The summed E-state index contributed by atoms with van der Waals surface area (Å²) in [5, 5.41) is 13.5. The predicted octanol–water partition coefficient (Wildman–Crippen LogP) is 4.09. The predicted molar refractivity (Wildman–Crippen MR) is 145 cm³/mol. The minimum atomic E-state index is -0.842. The van der Waals surface area contributed by atoms with E-state index in [2.05, 4.69) is 35.0 Å². The minimum Gasteiger partial charge on any atom is -0.481 e. The molecule has 0 bridgehead atoms. The van der Waals surface area contributed by atoms with Gasteiger partial charge in [-0.05, 0) is 66.5 Å². The number of nitrogens with one attached hydrogen (secondary N) is 2. The molecule has 1 aliphatic heterocycles. The molecule has 1 heterocycles. The average Bonchev–Trinajstić information content (AvgIpc) is 3.27. The summed E-state index contributed by atoms with van der Waals surface area (Å²) in [5.41, 5.74) is 20.5. The van der Waals surface area contributed by atoms with E-state index in [0.717, 1.165) is 35.3 Å². The minimum absolute atomic E-state index is 0.0137. The number of anilines is 2. The van der Waals surface area contributed by atoms with Crippen LogP contribution in [0.4, 0.5) is 11.4 Å². The summed E-state index contributed by atoms with van der Waals surface area (Å²) in [4.78, 5) is 11.9. The van der Waals surface area contributed by atoms with E-state index in [0.29, 0.717) is 11.6 Å². The fourth-order valence-electron chi connectivity index (χ4n) is 5.57. The van der Waals surface area contributed by atoms with Crippen molar-refractivity contribution in [3.8, 4) is 0 Å². The number of nitrogen functional groups attached to an aromatic ring is 1. The maximum atomic E-state index is 11.9. The molecule has 1 aliphatic carbocycles. The van der Waals surface area contributed by atoms with E-state index in [1.54, 1.807) is 7.05 Å². The Bertz CT molecular complexity index is 1120. The maximum absolute atomic E-state index is 11.9. The number of nitrogens with two attached hydrogens (primary N) is 2. The van der Waals surface area contributed by atoms with Crippen molar-refractivity contribution < 1.29 is 9.90 Å². The van der Waals surface area contributed by atoms with Gasteiger partial charge in [0.05, 0.1) is 23.5 Å². The van der Waals surface area contributed by atoms with Crippen LogP contribution in [0.25, 0.3) is 0 Å². The van der Waals surface area contributed by atoms with Gasteiger partial charge >= 0.3 is 5.97 Å². The number of hydrogen-bond donors (Lipinski definition) is 5. The lowest BCUT2D eigenvalue weighted by Crippen LogP contribution is -2.41. The largest absolute Gasteiger partial charge is 0.481 e. The first kappa shape index (κ1) is 25.9. The fourth-order valence-corrected chi connectivity index (χ4v) is 5.57. The number of benzene rings is 2. The number of nitrogens with zero attached hydrogens (tertiary/aromatic N) is 2. The molecular formula is C28H40N6O2. The van der Waals surface area contributed by atoms with Gasteiger partial charge in [0.25, 0.3) is 0 Å². The van der Waals surface area contributed by atoms with Crippen LogP contribution < -0.4 is 27.5 Å². The normalized spacial score (nSPS) is 17.0. The van der Waals surface area contributed by atoms with Crippen molar-refractivity contribution in [1.29, 1.82) is 0 Å². The number of allylic oxidation sites excluding steroid dienone is 1. The molecule has 0 saturated heterocycles. The monoisotopic (exact) mass is 492 g/mol. The highest BCUT2D eigenvalue weighted by atomic mass is 16.4. The molecule has 1 atom stereocenters. The second-order valence-electron chi connectivity index (χ2n) is 10.3. The molecule has 0 amide bonds. The lowest BCUT2D eigenvalue weighted by molar-refractivity contribution is -0.137. The zero-order valence-corrected chi connectivity index (χ0v) is 21.7. The van der Waals surface area contributed by atoms with Crippen LogP contribution in [0.1, 0.15) is 72.3 Å². The highest BCUT2D eigenvalue weighted by Gasteiger charge is 2.25. The Hall–Kier alpha value is -3.23. The number of aliphatic carboxylic acids is 1. The highest BCUT2D eigenvalue weighted by Crippen LogP contribution is 2.37. The smallest absolute Gasteiger partial charge is 0.304 e. The van der Waals surface area contributed by atoms with E-state index < -0.39 is 5.97 Å². The van der Waals surface area contributed by atoms with Crippen LogP contribution in [0.5, 0.6) is 0 Å². The summed E-state index contributed by atoms with van der Waals surface area (Å²) in [6.07, 6.45) is 9.37. The third-order valence-electron chi connectivity index (χ3n) is 7.77. The number of carboxylic acid groups (broad SMARTS) is 1. The third kappa shape index (κ3) is 5.77. The van der Waals surface area contributed by atoms with Crippen molar-refractivity contribution in [2.75, 3.05) is 24.3 Å². The molecule has 0 radical (unpaired) electrons. The quantitative estimate of drug-likeness (QED) is 0.202. The molecule has 0 aromatic heterocycles. The molecule has 194 valence electrons. The number of rotatable bonds is 9. The van der Waals surface area contributed by atoms with Crippen LogP contribution >= 0.6 is 0 Å². The molecule has 4 rings (SSSR count). The number of carbonyl (C=O) groups is 1. The van der Waals surface area contributed by atoms with E-state index in [1.165, 1.54) is 53.9 Å². The van der Waals surface area contributed by atoms with Crippen molar-refractivity contribution in [2.24, 2.45) is 11.8 Å². The number of carboxylic acids is 1. The molecule has 1 fully saturated rings. The number of aryl methyl sites for hydroxylation is 1. The van der Waals surface area contributed by atoms with Crippen molar-refractivity contribution in [2.45, 2.75) is 64.7 Å². The maximum Gasteiger partial charge on any atom is 0.304 e. The Balaban J connectivity index is 1.61. The lowest BCUT2D eigenvalue weighted by atomic mass is 9.83. The molecule has 7 N–H and O–H groups in total. The molecule has 2 aromatic rings. The Labute approximate surface area is 214 Å². The first-order valence-electron chi connectivity index (χ1n) is 12.9. The first-order chi connectivity index (χ1) is 17.2. The van der Waals surface area contributed by atoms with Gasteiger partial charge < -0.3 is 21.3 Å². The van der Waals surface area contributed by atoms with Crippen LogP contribution in [0.2, 0.25) is 0 Å². The van der Waals surface area contributed by atoms with Crippen LogP contribution in [0.15, 0.2) is 42.2 Å².